The summed E-state index contributed by atoms with van der Waals surface area (Å²) >= 11 is 1.49. The third-order valence-electron chi connectivity index (χ3n) is 8.86. The van der Waals surface area contributed by atoms with Crippen LogP contribution in [-0.2, 0) is 22.6 Å². The van der Waals surface area contributed by atoms with E-state index in [1.165, 1.54) is 11.8 Å². The Balaban J connectivity index is 1.08. The lowest BCUT2D eigenvalue weighted by atomic mass is 9.91. The molecular formula is C39H36N6O5S. The second-order valence-electron chi connectivity index (χ2n) is 12.3. The van der Waals surface area contributed by atoms with Gasteiger partial charge in [-0.25, -0.2) is 0 Å². The van der Waals surface area contributed by atoms with Crippen molar-refractivity contribution in [3.8, 4) is 22.6 Å². The molecule has 7 rings (SSSR count). The summed E-state index contributed by atoms with van der Waals surface area (Å²) in [6.07, 6.45) is 2.06. The lowest BCUT2D eigenvalue weighted by Gasteiger charge is -2.41. The summed E-state index contributed by atoms with van der Waals surface area (Å²) in [5.74, 6) is 0.536. The first-order chi connectivity index (χ1) is 24.9. The highest BCUT2D eigenvalue weighted by Crippen LogP contribution is 2.43. The molecule has 3 heterocycles. The van der Waals surface area contributed by atoms with Gasteiger partial charge in [-0.2, -0.15) is 4.68 Å². The summed E-state index contributed by atoms with van der Waals surface area (Å²) in [6.45, 7) is 2.48. The van der Waals surface area contributed by atoms with Gasteiger partial charge in [0.2, 0.25) is 5.16 Å². The van der Waals surface area contributed by atoms with Gasteiger partial charge >= 0.3 is 0 Å². The zero-order valence-corrected chi connectivity index (χ0v) is 28.6. The van der Waals surface area contributed by atoms with Gasteiger partial charge < -0.3 is 25.0 Å². The molecule has 11 nitrogen and oxygen atoms in total. The molecule has 2 aromatic heterocycles. The number of amides is 1. The Morgan fingerprint density at radius 1 is 0.882 bits per heavy atom. The summed E-state index contributed by atoms with van der Waals surface area (Å²) in [7, 11) is 0. The number of hydrogen-bond acceptors (Lipinski definition) is 10. The summed E-state index contributed by atoms with van der Waals surface area (Å²) < 4.78 is 15.0. The molecule has 0 bridgehead atoms. The largest absolute Gasteiger partial charge is 0.508 e. The second kappa shape index (κ2) is 15.7. The van der Waals surface area contributed by atoms with Crippen molar-refractivity contribution >= 4 is 17.7 Å². The quantitative estimate of drug-likeness (QED) is 0.129. The van der Waals surface area contributed by atoms with E-state index in [1.54, 1.807) is 53.5 Å². The molecule has 51 heavy (non-hydrogen) atoms. The van der Waals surface area contributed by atoms with Gasteiger partial charge in [0.1, 0.15) is 5.75 Å². The number of benzene rings is 4. The van der Waals surface area contributed by atoms with Crippen LogP contribution in [0.4, 0.5) is 0 Å². The topological polar surface area (TPSA) is 145 Å². The van der Waals surface area contributed by atoms with Crippen LogP contribution in [0.15, 0.2) is 127 Å². The standard InChI is InChI=1S/C39H36N6O5S/c1-25-35(24-51-39-42-43-44-45(39)33-15-17-34(47)18-16-33)49-38(50-36(25)29-9-7-26(23-46)8-10-29)30-13-11-28(12-14-30)31-5-2-4-27(20-31)21-41-37(48)32-6-3-19-40-22-32/h2-20,22,25,35-36,38,46-47H,21,23-24H2,1H3,(H,41,48)/t25-,35+,36+,38+/m0/s1. The SMILES string of the molecule is C[C@H]1[C@@H](CSc2nnnn2-c2ccc(O)cc2)O[C@@H](c2ccc(-c3cccc(CNC(=O)c4cccnc4)c3)cc2)O[C@H]1c1ccc(CO)cc1. The highest BCUT2D eigenvalue weighted by atomic mass is 32.2. The maximum Gasteiger partial charge on any atom is 0.253 e. The molecule has 4 atom stereocenters. The monoisotopic (exact) mass is 700 g/mol. The van der Waals surface area contributed by atoms with Crippen LogP contribution >= 0.6 is 11.8 Å². The van der Waals surface area contributed by atoms with Crippen LogP contribution in [0.3, 0.4) is 0 Å². The van der Waals surface area contributed by atoms with Crippen LogP contribution in [0.25, 0.3) is 16.8 Å². The zero-order valence-electron chi connectivity index (χ0n) is 27.7. The van der Waals surface area contributed by atoms with E-state index in [-0.39, 0.29) is 36.4 Å². The van der Waals surface area contributed by atoms with Crippen LogP contribution in [0.2, 0.25) is 0 Å². The fraction of sp³-hybridized carbons (Fsp3) is 0.205. The predicted molar refractivity (Wildman–Crippen MR) is 192 cm³/mol. The predicted octanol–water partition coefficient (Wildman–Crippen LogP) is 6.44. The van der Waals surface area contributed by atoms with Crippen molar-refractivity contribution in [2.75, 3.05) is 5.75 Å². The third kappa shape index (κ3) is 8.00. The van der Waals surface area contributed by atoms with Crippen molar-refractivity contribution in [1.29, 1.82) is 0 Å². The lowest BCUT2D eigenvalue weighted by Crippen LogP contribution is -2.38. The van der Waals surface area contributed by atoms with Crippen molar-refractivity contribution < 1.29 is 24.5 Å². The molecule has 1 saturated heterocycles. The Hall–Kier alpha value is -5.40. The molecule has 3 N–H and O–H groups in total. The Morgan fingerprint density at radius 3 is 2.41 bits per heavy atom. The number of nitrogens with zero attached hydrogens (tertiary/aromatic N) is 5. The molecule has 258 valence electrons. The van der Waals surface area contributed by atoms with Crippen LogP contribution in [0.5, 0.6) is 5.75 Å². The van der Waals surface area contributed by atoms with Crippen LogP contribution in [0, 0.1) is 5.92 Å². The minimum atomic E-state index is -0.634. The number of aliphatic hydroxyl groups excluding tert-OH is 1. The normalized spacial score (nSPS) is 18.7. The van der Waals surface area contributed by atoms with Gasteiger partial charge in [-0.15, -0.1) is 5.10 Å². The highest BCUT2D eigenvalue weighted by Gasteiger charge is 2.38. The number of hydrogen-bond donors (Lipinski definition) is 3. The molecule has 4 aromatic carbocycles. The van der Waals surface area contributed by atoms with Crippen LogP contribution in [-0.4, -0.2) is 53.2 Å². The fourth-order valence-corrected chi connectivity index (χ4v) is 7.02. The number of aromatic nitrogens is 5. The summed E-state index contributed by atoms with van der Waals surface area (Å²) in [4.78, 5) is 16.5. The van der Waals surface area contributed by atoms with Crippen molar-refractivity contribution in [2.24, 2.45) is 5.92 Å². The average Bonchev–Trinajstić information content (AvgIpc) is 3.66. The van der Waals surface area contributed by atoms with Gasteiger partial charge in [-0.3, -0.25) is 9.78 Å². The third-order valence-corrected chi connectivity index (χ3v) is 9.86. The molecule has 0 unspecified atom stereocenters. The Morgan fingerprint density at radius 2 is 1.67 bits per heavy atom. The first-order valence-corrected chi connectivity index (χ1v) is 17.5. The van der Waals surface area contributed by atoms with Gasteiger partial charge in [0.15, 0.2) is 6.29 Å². The fourth-order valence-electron chi connectivity index (χ4n) is 5.97. The minimum absolute atomic E-state index is 0.0209. The summed E-state index contributed by atoms with van der Waals surface area (Å²) in [5.41, 5.74) is 7.00. The van der Waals surface area contributed by atoms with Gasteiger partial charge in [-0.05, 0) is 80.7 Å². The van der Waals surface area contributed by atoms with E-state index in [9.17, 15) is 15.0 Å². The van der Waals surface area contributed by atoms with E-state index in [1.807, 2.05) is 66.7 Å². The molecule has 1 amide bonds. The van der Waals surface area contributed by atoms with E-state index >= 15 is 0 Å². The first kappa shape index (κ1) is 34.1. The summed E-state index contributed by atoms with van der Waals surface area (Å²) in [6, 6.07) is 34.2. The number of carbonyl (C=O) groups excluding carboxylic acids is 1. The second-order valence-corrected chi connectivity index (χ2v) is 13.3. The number of aliphatic hydroxyl groups is 1. The van der Waals surface area contributed by atoms with Crippen LogP contribution in [0.1, 0.15) is 51.9 Å². The molecule has 0 spiro atoms. The van der Waals surface area contributed by atoms with E-state index in [2.05, 4.69) is 38.8 Å². The number of rotatable bonds is 11. The van der Waals surface area contributed by atoms with E-state index < -0.39 is 6.29 Å². The highest BCUT2D eigenvalue weighted by molar-refractivity contribution is 7.99. The summed E-state index contributed by atoms with van der Waals surface area (Å²) in [5, 5.41) is 35.2. The molecule has 12 heteroatoms. The molecule has 6 aromatic rings. The first-order valence-electron chi connectivity index (χ1n) is 16.5. The lowest BCUT2D eigenvalue weighted by molar-refractivity contribution is -0.268. The number of tetrazole rings is 1. The van der Waals surface area contributed by atoms with Gasteiger partial charge in [0.05, 0.1) is 30.1 Å². The molecule has 1 aliphatic rings. The number of phenols is 1. The Bertz CT molecular complexity index is 2060. The van der Waals surface area contributed by atoms with E-state index in [4.69, 9.17) is 9.47 Å². The van der Waals surface area contributed by atoms with Crippen molar-refractivity contribution in [3.63, 3.8) is 0 Å². The maximum atomic E-state index is 12.5. The van der Waals surface area contributed by atoms with Gasteiger partial charge in [0, 0.05) is 36.2 Å². The molecule has 0 aliphatic carbocycles. The smallest absolute Gasteiger partial charge is 0.253 e. The maximum absolute atomic E-state index is 12.5. The molecule has 1 fully saturated rings. The van der Waals surface area contributed by atoms with Crippen molar-refractivity contribution in [3.05, 3.63) is 149 Å². The molecule has 0 saturated carbocycles. The van der Waals surface area contributed by atoms with Crippen molar-refractivity contribution in [1.82, 2.24) is 30.5 Å². The number of ether oxygens (including phenoxy) is 2. The van der Waals surface area contributed by atoms with Crippen molar-refractivity contribution in [2.45, 2.75) is 43.7 Å². The number of aromatic hydroxyl groups is 1. The van der Waals surface area contributed by atoms with E-state index in [0.29, 0.717) is 23.0 Å². The van der Waals surface area contributed by atoms with Crippen LogP contribution < -0.4 is 5.32 Å². The molecule has 0 radical (unpaired) electrons. The number of carbonyl (C=O) groups is 1. The van der Waals surface area contributed by atoms with Gasteiger partial charge in [0.25, 0.3) is 5.91 Å². The number of phenolic OH excluding ortho intramolecular Hbond substituents is 1. The Labute approximate surface area is 299 Å². The molecule has 1 aliphatic heterocycles. The number of pyridine rings is 1. The number of nitrogens with one attached hydrogen (secondary N) is 1. The van der Waals surface area contributed by atoms with Gasteiger partial charge in [-0.1, -0.05) is 85.4 Å². The number of thioether (sulfide) groups is 1. The average molecular weight is 701 g/mol. The zero-order chi connectivity index (χ0) is 35.2. The molecular weight excluding hydrogens is 665 g/mol. The van der Waals surface area contributed by atoms with E-state index in [0.717, 1.165) is 39.1 Å². The Kier molecular flexibility index (Phi) is 10.5. The minimum Gasteiger partial charge on any atom is -0.508 e.